The van der Waals surface area contributed by atoms with Gasteiger partial charge in [-0.15, -0.1) is 0 Å². The summed E-state index contributed by atoms with van der Waals surface area (Å²) in [6, 6.07) is 0. The molecule has 0 rings (SSSR count). The van der Waals surface area contributed by atoms with E-state index in [1.54, 1.807) is 0 Å². The lowest BCUT2D eigenvalue weighted by Crippen LogP contribution is -2.20. The van der Waals surface area contributed by atoms with Crippen molar-refractivity contribution in [3.05, 3.63) is 0 Å². The third-order valence-electron chi connectivity index (χ3n) is 4.39. The highest BCUT2D eigenvalue weighted by atomic mass is 16.6. The van der Waals surface area contributed by atoms with Crippen LogP contribution in [-0.4, -0.2) is 11.9 Å². The molecule has 23 heavy (non-hydrogen) atoms. The van der Waals surface area contributed by atoms with Crippen LogP contribution in [0.2, 0.25) is 0 Å². The van der Waals surface area contributed by atoms with E-state index in [0.717, 1.165) is 25.7 Å². The molecule has 3 nitrogen and oxygen atoms in total. The Morgan fingerprint density at radius 2 is 1.09 bits per heavy atom. The average molecular weight is 327 g/mol. The number of esters is 2. The smallest absolute Gasteiger partial charge is 0.316 e. The Kier molecular flexibility index (Phi) is 15.4. The SMILES string of the molecule is CCCCCCCCC(CCCCCCCC)C(=O)OC(C)=O. The molecule has 0 bridgehead atoms. The van der Waals surface area contributed by atoms with Crippen LogP contribution in [0.25, 0.3) is 0 Å². The van der Waals surface area contributed by atoms with Crippen molar-refractivity contribution in [2.24, 2.45) is 5.92 Å². The molecule has 0 aromatic carbocycles. The van der Waals surface area contributed by atoms with E-state index >= 15 is 0 Å². The van der Waals surface area contributed by atoms with Crippen LogP contribution in [-0.2, 0) is 14.3 Å². The molecule has 0 amide bonds. The molecule has 3 heteroatoms. The predicted molar refractivity (Wildman–Crippen MR) is 96.2 cm³/mol. The zero-order valence-electron chi connectivity index (χ0n) is 15.7. The van der Waals surface area contributed by atoms with Crippen LogP contribution in [0.5, 0.6) is 0 Å². The molecule has 0 aromatic heterocycles. The molecule has 0 atom stereocenters. The summed E-state index contributed by atoms with van der Waals surface area (Å²) in [7, 11) is 0. The molecule has 0 N–H and O–H groups in total. The summed E-state index contributed by atoms with van der Waals surface area (Å²) in [5.41, 5.74) is 0. The Labute approximate surface area is 143 Å². The van der Waals surface area contributed by atoms with Gasteiger partial charge >= 0.3 is 11.9 Å². The highest BCUT2D eigenvalue weighted by molar-refractivity contribution is 5.85. The second-order valence-electron chi connectivity index (χ2n) is 6.72. The van der Waals surface area contributed by atoms with Crippen molar-refractivity contribution in [1.29, 1.82) is 0 Å². The van der Waals surface area contributed by atoms with Crippen LogP contribution in [0.4, 0.5) is 0 Å². The van der Waals surface area contributed by atoms with Crippen LogP contribution >= 0.6 is 0 Å². The maximum atomic E-state index is 12.0. The van der Waals surface area contributed by atoms with Gasteiger partial charge in [0, 0.05) is 6.92 Å². The van der Waals surface area contributed by atoms with E-state index in [-0.39, 0.29) is 11.9 Å². The van der Waals surface area contributed by atoms with E-state index in [0.29, 0.717) is 0 Å². The normalized spacial score (nSPS) is 11.0. The summed E-state index contributed by atoms with van der Waals surface area (Å²) < 4.78 is 4.83. The summed E-state index contributed by atoms with van der Waals surface area (Å²) in [6.07, 6.45) is 16.4. The van der Waals surface area contributed by atoms with Crippen molar-refractivity contribution < 1.29 is 14.3 Å². The molecule has 0 unspecified atom stereocenters. The number of ether oxygens (including phenoxy) is 1. The van der Waals surface area contributed by atoms with Crippen molar-refractivity contribution >= 4 is 11.9 Å². The monoisotopic (exact) mass is 326 g/mol. The minimum absolute atomic E-state index is 0.0868. The molecular formula is C20H38O3. The van der Waals surface area contributed by atoms with Gasteiger partial charge in [0.15, 0.2) is 0 Å². The van der Waals surface area contributed by atoms with E-state index in [2.05, 4.69) is 13.8 Å². The van der Waals surface area contributed by atoms with Crippen molar-refractivity contribution in [2.45, 2.75) is 111 Å². The van der Waals surface area contributed by atoms with Gasteiger partial charge < -0.3 is 4.74 Å². The summed E-state index contributed by atoms with van der Waals surface area (Å²) in [4.78, 5) is 23.1. The molecule has 0 aliphatic heterocycles. The summed E-state index contributed by atoms with van der Waals surface area (Å²) >= 11 is 0. The molecule has 0 saturated carbocycles. The van der Waals surface area contributed by atoms with Crippen molar-refractivity contribution in [2.75, 3.05) is 0 Å². The van der Waals surface area contributed by atoms with Crippen LogP contribution in [0.15, 0.2) is 0 Å². The summed E-state index contributed by atoms with van der Waals surface area (Å²) in [5.74, 6) is -0.873. The van der Waals surface area contributed by atoms with Crippen molar-refractivity contribution in [3.63, 3.8) is 0 Å². The highest BCUT2D eigenvalue weighted by Crippen LogP contribution is 2.20. The Morgan fingerprint density at radius 3 is 1.48 bits per heavy atom. The summed E-state index contributed by atoms with van der Waals surface area (Å²) in [6.45, 7) is 5.74. The first-order valence-corrected chi connectivity index (χ1v) is 9.84. The minimum Gasteiger partial charge on any atom is -0.393 e. The largest absolute Gasteiger partial charge is 0.393 e. The van der Waals surface area contributed by atoms with Crippen molar-refractivity contribution in [3.8, 4) is 0 Å². The molecule has 0 radical (unpaired) electrons. The predicted octanol–water partition coefficient (Wildman–Crippen LogP) is 6.19. The minimum atomic E-state index is -0.481. The van der Waals surface area contributed by atoms with Gasteiger partial charge in [-0.2, -0.15) is 0 Å². The molecule has 136 valence electrons. The summed E-state index contributed by atoms with van der Waals surface area (Å²) in [5, 5.41) is 0. The first-order chi connectivity index (χ1) is 11.1. The molecular weight excluding hydrogens is 288 g/mol. The average Bonchev–Trinajstić information content (AvgIpc) is 2.51. The van der Waals surface area contributed by atoms with E-state index in [4.69, 9.17) is 4.74 Å². The molecule has 0 saturated heterocycles. The maximum absolute atomic E-state index is 12.0. The first kappa shape index (κ1) is 22.1. The molecule has 0 fully saturated rings. The van der Waals surface area contributed by atoms with Crippen LogP contribution in [0.3, 0.4) is 0 Å². The highest BCUT2D eigenvalue weighted by Gasteiger charge is 2.20. The Hall–Kier alpha value is -0.860. The maximum Gasteiger partial charge on any atom is 0.316 e. The fraction of sp³-hybridized carbons (Fsp3) is 0.900. The fourth-order valence-corrected chi connectivity index (χ4v) is 2.95. The van der Waals surface area contributed by atoms with E-state index < -0.39 is 5.97 Å². The van der Waals surface area contributed by atoms with Gasteiger partial charge in [-0.25, -0.2) is 0 Å². The van der Waals surface area contributed by atoms with Crippen LogP contribution < -0.4 is 0 Å². The number of rotatable bonds is 15. The number of unbranched alkanes of at least 4 members (excludes halogenated alkanes) is 10. The number of hydrogen-bond donors (Lipinski definition) is 0. The number of hydrogen-bond acceptors (Lipinski definition) is 3. The van der Waals surface area contributed by atoms with E-state index in [1.807, 2.05) is 0 Å². The van der Waals surface area contributed by atoms with Crippen LogP contribution in [0.1, 0.15) is 111 Å². The second kappa shape index (κ2) is 16.0. The van der Waals surface area contributed by atoms with Gasteiger partial charge in [0.25, 0.3) is 0 Å². The molecule has 0 aliphatic rings. The molecule has 0 aromatic rings. The topological polar surface area (TPSA) is 43.4 Å². The first-order valence-electron chi connectivity index (χ1n) is 9.84. The van der Waals surface area contributed by atoms with Gasteiger partial charge in [0.1, 0.15) is 0 Å². The Balaban J connectivity index is 3.98. The third kappa shape index (κ3) is 14.5. The zero-order chi connectivity index (χ0) is 17.3. The van der Waals surface area contributed by atoms with Gasteiger partial charge in [-0.1, -0.05) is 90.9 Å². The van der Waals surface area contributed by atoms with Crippen molar-refractivity contribution in [1.82, 2.24) is 0 Å². The second-order valence-corrected chi connectivity index (χ2v) is 6.72. The standard InChI is InChI=1S/C20H38O3/c1-4-6-8-10-12-14-16-19(20(22)23-18(3)21)17-15-13-11-9-7-5-2/h19H,4-17H2,1-3H3. The quantitative estimate of drug-likeness (QED) is 0.204. The van der Waals surface area contributed by atoms with Gasteiger partial charge in [-0.05, 0) is 12.8 Å². The molecule has 0 heterocycles. The molecule has 0 aliphatic carbocycles. The van der Waals surface area contributed by atoms with E-state index in [9.17, 15) is 9.59 Å². The lowest BCUT2D eigenvalue weighted by Gasteiger charge is -2.14. The van der Waals surface area contributed by atoms with Crippen LogP contribution in [0, 0.1) is 5.92 Å². The van der Waals surface area contributed by atoms with Gasteiger partial charge in [-0.3, -0.25) is 9.59 Å². The van der Waals surface area contributed by atoms with E-state index in [1.165, 1.54) is 71.1 Å². The third-order valence-corrected chi connectivity index (χ3v) is 4.39. The fourth-order valence-electron chi connectivity index (χ4n) is 2.95. The molecule has 0 spiro atoms. The Bertz CT molecular complexity index is 283. The van der Waals surface area contributed by atoms with Gasteiger partial charge in [0.05, 0.1) is 5.92 Å². The lowest BCUT2D eigenvalue weighted by molar-refractivity contribution is -0.161. The number of carbonyl (C=O) groups excluding carboxylic acids is 2. The number of carbonyl (C=O) groups is 2. The van der Waals surface area contributed by atoms with Gasteiger partial charge in [0.2, 0.25) is 0 Å². The zero-order valence-corrected chi connectivity index (χ0v) is 15.7. The Morgan fingerprint density at radius 1 is 0.696 bits per heavy atom. The lowest BCUT2D eigenvalue weighted by atomic mass is 9.94.